The van der Waals surface area contributed by atoms with Crippen molar-refractivity contribution in [3.05, 3.63) is 129 Å². The van der Waals surface area contributed by atoms with Gasteiger partial charge >= 0.3 is 12.2 Å². The molecule has 0 bridgehead atoms. The van der Waals surface area contributed by atoms with E-state index >= 15 is 0 Å². The Bertz CT molecular complexity index is 1610. The first-order valence-electron chi connectivity index (χ1n) is 13.8. The van der Waals surface area contributed by atoms with Crippen LogP contribution >= 0.6 is 0 Å². The molecule has 0 radical (unpaired) electrons. The monoisotopic (exact) mass is 563 g/mol. The van der Waals surface area contributed by atoms with E-state index in [1.165, 1.54) is 17.0 Å². The number of rotatable bonds is 7. The van der Waals surface area contributed by atoms with Crippen LogP contribution in [0.5, 0.6) is 0 Å². The molecule has 1 unspecified atom stereocenters. The third kappa shape index (κ3) is 5.16. The van der Waals surface area contributed by atoms with Crippen molar-refractivity contribution in [2.45, 2.75) is 24.8 Å². The van der Waals surface area contributed by atoms with Gasteiger partial charge in [0.1, 0.15) is 6.61 Å². The summed E-state index contributed by atoms with van der Waals surface area (Å²) < 4.78 is 6.04. The second-order valence-corrected chi connectivity index (χ2v) is 10.6. The molecule has 9 nitrogen and oxygen atoms in total. The highest BCUT2D eigenvalue weighted by Gasteiger charge is 2.33. The first-order chi connectivity index (χ1) is 20.4. The number of nitro groups is 1. The number of nitro benzene ring substituents is 1. The molecule has 1 N–H and O–H groups in total. The number of benzene rings is 4. The van der Waals surface area contributed by atoms with Gasteiger partial charge < -0.3 is 14.7 Å². The lowest BCUT2D eigenvalue weighted by molar-refractivity contribution is -0.384. The summed E-state index contributed by atoms with van der Waals surface area (Å²) in [5.41, 5.74) is 6.62. The number of carboxylic acid groups (broad SMARTS) is 1. The number of fused-ring (bicyclic) bond motifs is 3. The maximum atomic E-state index is 13.9. The molecule has 9 heteroatoms. The zero-order valence-electron chi connectivity index (χ0n) is 22.8. The predicted octanol–water partition coefficient (Wildman–Crippen LogP) is 7.02. The van der Waals surface area contributed by atoms with Crippen molar-refractivity contribution >= 4 is 23.6 Å². The number of hydrogen-bond acceptors (Lipinski definition) is 5. The summed E-state index contributed by atoms with van der Waals surface area (Å²) in [6.45, 7) is 1.02. The number of amides is 2. The maximum absolute atomic E-state index is 13.9. The second kappa shape index (κ2) is 11.4. The van der Waals surface area contributed by atoms with Crippen LogP contribution in [0.25, 0.3) is 11.1 Å². The van der Waals surface area contributed by atoms with Crippen molar-refractivity contribution in [2.75, 3.05) is 24.6 Å². The van der Waals surface area contributed by atoms with Gasteiger partial charge in [0.15, 0.2) is 0 Å². The molecule has 1 saturated heterocycles. The second-order valence-electron chi connectivity index (χ2n) is 10.6. The van der Waals surface area contributed by atoms with E-state index in [1.54, 1.807) is 17.0 Å². The zero-order chi connectivity index (χ0) is 29.2. The highest BCUT2D eigenvalue weighted by molar-refractivity contribution is 5.89. The minimum absolute atomic E-state index is 0.0356. The van der Waals surface area contributed by atoms with Gasteiger partial charge in [-0.25, -0.2) is 9.59 Å². The van der Waals surface area contributed by atoms with E-state index in [1.807, 2.05) is 48.5 Å². The highest BCUT2D eigenvalue weighted by Crippen LogP contribution is 2.44. The van der Waals surface area contributed by atoms with Crippen molar-refractivity contribution in [1.82, 2.24) is 4.90 Å². The smallest absolute Gasteiger partial charge is 0.414 e. The fraction of sp³-hybridized carbons (Fsp3) is 0.212. The van der Waals surface area contributed by atoms with Crippen LogP contribution in [0.2, 0.25) is 0 Å². The lowest BCUT2D eigenvalue weighted by Gasteiger charge is -2.27. The van der Waals surface area contributed by atoms with Gasteiger partial charge in [-0.2, -0.15) is 0 Å². The maximum Gasteiger partial charge on any atom is 0.414 e. The van der Waals surface area contributed by atoms with Crippen LogP contribution in [0.15, 0.2) is 97.1 Å². The topological polar surface area (TPSA) is 113 Å². The van der Waals surface area contributed by atoms with Gasteiger partial charge in [-0.05, 0) is 45.9 Å². The Morgan fingerprint density at radius 1 is 0.881 bits per heavy atom. The molecule has 4 aromatic carbocycles. The Morgan fingerprint density at radius 2 is 1.48 bits per heavy atom. The van der Waals surface area contributed by atoms with Gasteiger partial charge in [-0.15, -0.1) is 0 Å². The van der Waals surface area contributed by atoms with Crippen LogP contribution in [0, 0.1) is 10.1 Å². The Labute approximate surface area is 242 Å². The number of ether oxygens (including phenoxy) is 1. The van der Waals surface area contributed by atoms with Crippen LogP contribution in [-0.2, 0) is 11.3 Å². The molecule has 0 spiro atoms. The summed E-state index contributed by atoms with van der Waals surface area (Å²) in [6.07, 6.45) is -0.871. The summed E-state index contributed by atoms with van der Waals surface area (Å²) >= 11 is 0. The van der Waals surface area contributed by atoms with Crippen LogP contribution in [0.1, 0.15) is 40.5 Å². The van der Waals surface area contributed by atoms with Crippen LogP contribution in [-0.4, -0.2) is 46.8 Å². The molecule has 6 rings (SSSR count). The standard InChI is InChI=1S/C33H29N3O6/c37-32(38)34-18-17-23(20-34)25-7-5-6-12-31(25)35(19-22-13-15-24(16-14-22)36(40)41)33(39)42-21-30-28-10-3-1-8-26(28)27-9-2-4-11-29(27)30/h1-16,23,30H,17-21H2,(H,37,38). The van der Waals surface area contributed by atoms with Crippen molar-refractivity contribution in [3.63, 3.8) is 0 Å². The van der Waals surface area contributed by atoms with Crippen molar-refractivity contribution in [2.24, 2.45) is 0 Å². The van der Waals surface area contributed by atoms with Gasteiger partial charge in [0.05, 0.1) is 17.2 Å². The molecule has 0 saturated carbocycles. The molecule has 2 amide bonds. The summed E-state index contributed by atoms with van der Waals surface area (Å²) in [5, 5.41) is 20.7. The summed E-state index contributed by atoms with van der Waals surface area (Å²) in [6, 6.07) is 29.8. The van der Waals surface area contributed by atoms with E-state index in [9.17, 15) is 24.8 Å². The van der Waals surface area contributed by atoms with Gasteiger partial charge in [0, 0.05) is 37.1 Å². The molecule has 1 atom stereocenters. The van der Waals surface area contributed by atoms with E-state index in [0.29, 0.717) is 30.8 Å². The van der Waals surface area contributed by atoms with E-state index in [4.69, 9.17) is 4.74 Å². The average Bonchev–Trinajstić information content (AvgIpc) is 3.63. The first-order valence-corrected chi connectivity index (χ1v) is 13.8. The molecule has 0 aromatic heterocycles. The minimum Gasteiger partial charge on any atom is -0.465 e. The quantitative estimate of drug-likeness (QED) is 0.191. The number of anilines is 1. The van der Waals surface area contributed by atoms with E-state index in [0.717, 1.165) is 27.8 Å². The summed E-state index contributed by atoms with van der Waals surface area (Å²) in [4.78, 5) is 39.2. The molecule has 4 aromatic rings. The number of carbonyl (C=O) groups is 2. The third-order valence-corrected chi connectivity index (χ3v) is 8.17. The number of non-ortho nitro benzene ring substituents is 1. The van der Waals surface area contributed by atoms with E-state index < -0.39 is 17.1 Å². The molecule has 1 aliphatic heterocycles. The summed E-state index contributed by atoms with van der Waals surface area (Å²) in [5.74, 6) is -0.199. The largest absolute Gasteiger partial charge is 0.465 e. The molecular formula is C33H29N3O6. The number of para-hydroxylation sites is 1. The SMILES string of the molecule is O=C(O)N1CCC(c2ccccc2N(Cc2ccc([N+](=O)[O-])cc2)C(=O)OCC2c3ccccc3-c3ccccc32)C1. The summed E-state index contributed by atoms with van der Waals surface area (Å²) in [7, 11) is 0. The molecule has 2 aliphatic rings. The van der Waals surface area contributed by atoms with Crippen molar-refractivity contribution < 1.29 is 24.4 Å². The predicted molar refractivity (Wildman–Crippen MR) is 158 cm³/mol. The highest BCUT2D eigenvalue weighted by atomic mass is 16.6. The number of hydrogen-bond donors (Lipinski definition) is 1. The Morgan fingerprint density at radius 3 is 2.07 bits per heavy atom. The molecular weight excluding hydrogens is 534 g/mol. The molecule has 1 fully saturated rings. The Balaban J connectivity index is 1.31. The van der Waals surface area contributed by atoms with Crippen LogP contribution in [0.4, 0.5) is 21.0 Å². The van der Waals surface area contributed by atoms with Crippen LogP contribution < -0.4 is 4.90 Å². The number of carbonyl (C=O) groups excluding carboxylic acids is 1. The lowest BCUT2D eigenvalue weighted by atomic mass is 9.96. The molecule has 1 aliphatic carbocycles. The van der Waals surface area contributed by atoms with Gasteiger partial charge in [0.2, 0.25) is 0 Å². The third-order valence-electron chi connectivity index (χ3n) is 8.17. The molecule has 212 valence electrons. The van der Waals surface area contributed by atoms with Gasteiger partial charge in [0.25, 0.3) is 5.69 Å². The molecule has 42 heavy (non-hydrogen) atoms. The van der Waals surface area contributed by atoms with E-state index in [2.05, 4.69) is 24.3 Å². The molecule has 1 heterocycles. The van der Waals surface area contributed by atoms with E-state index in [-0.39, 0.29) is 30.7 Å². The normalized spacial score (nSPS) is 15.6. The number of nitrogens with zero attached hydrogens (tertiary/aromatic N) is 3. The van der Waals surface area contributed by atoms with Gasteiger partial charge in [-0.1, -0.05) is 78.9 Å². The van der Waals surface area contributed by atoms with Crippen LogP contribution in [0.3, 0.4) is 0 Å². The Kier molecular flexibility index (Phi) is 7.31. The Hall–Kier alpha value is -5.18. The van der Waals surface area contributed by atoms with Crippen molar-refractivity contribution in [3.8, 4) is 11.1 Å². The zero-order valence-corrected chi connectivity index (χ0v) is 22.8. The first kappa shape index (κ1) is 27.0. The lowest BCUT2D eigenvalue weighted by Crippen LogP contribution is -2.33. The minimum atomic E-state index is -0.964. The average molecular weight is 564 g/mol. The fourth-order valence-corrected chi connectivity index (χ4v) is 6.09. The van der Waals surface area contributed by atoms with Crippen molar-refractivity contribution in [1.29, 1.82) is 0 Å². The fourth-order valence-electron chi connectivity index (χ4n) is 6.09. The number of likely N-dealkylation sites (tertiary alicyclic amines) is 1. The van der Waals surface area contributed by atoms with Gasteiger partial charge in [-0.3, -0.25) is 15.0 Å².